The summed E-state index contributed by atoms with van der Waals surface area (Å²) in [6.07, 6.45) is 13.2. The molecule has 0 spiro atoms. The van der Waals surface area contributed by atoms with E-state index < -0.39 is 0 Å². The van der Waals surface area contributed by atoms with Gasteiger partial charge in [0, 0.05) is 56.9 Å². The molecule has 0 aromatic carbocycles. The van der Waals surface area contributed by atoms with Crippen LogP contribution in [0.4, 0.5) is 0 Å². The molecule has 0 unspecified atom stereocenters. The Labute approximate surface area is 547 Å². The van der Waals surface area contributed by atoms with E-state index in [1.807, 2.05) is 209 Å². The van der Waals surface area contributed by atoms with Crippen LogP contribution in [0.25, 0.3) is 44.5 Å². The fourth-order valence-electron chi connectivity index (χ4n) is 5.95. The Morgan fingerprint density at radius 1 is 0.427 bits per heavy atom. The Morgan fingerprint density at radius 3 is 1.25 bits per heavy atom. The molecule has 0 atom stereocenters. The molecule has 0 radical (unpaired) electrons. The van der Waals surface area contributed by atoms with Gasteiger partial charge in [-0.15, -0.1) is 22.7 Å². The fraction of sp³-hybridized carbons (Fsp3) is 0.465. The van der Waals surface area contributed by atoms with Gasteiger partial charge in [0.05, 0.1) is 43.0 Å². The highest BCUT2D eigenvalue weighted by molar-refractivity contribution is 7.13. The molecule has 10 rings (SSSR count). The minimum Gasteiger partial charge on any atom is -0.472 e. The summed E-state index contributed by atoms with van der Waals surface area (Å²) < 4.78 is 36.5. The van der Waals surface area contributed by atoms with Gasteiger partial charge in [-0.3, -0.25) is 9.59 Å². The van der Waals surface area contributed by atoms with E-state index in [1.54, 1.807) is 90.2 Å². The number of aromatic nitrogens is 4. The number of oxazole rings is 4. The zero-order valence-electron chi connectivity index (χ0n) is 57.3. The number of thiophene rings is 3. The molecule has 0 saturated carbocycles. The molecule has 0 aliphatic carbocycles. The number of nitrogens with zero attached hydrogens (tertiary/aromatic N) is 4. The van der Waals surface area contributed by atoms with Gasteiger partial charge in [-0.25, -0.2) is 19.9 Å². The van der Waals surface area contributed by atoms with E-state index >= 15 is 0 Å². The molecule has 2 amide bonds. The number of carbonyl (C=O) groups is 2. The van der Waals surface area contributed by atoms with Crippen molar-refractivity contribution in [3.63, 3.8) is 0 Å². The van der Waals surface area contributed by atoms with E-state index in [-0.39, 0.29) is 31.1 Å². The predicted octanol–water partition coefficient (Wildman–Crippen LogP) is 23.5. The van der Waals surface area contributed by atoms with Crippen LogP contribution in [0.3, 0.4) is 0 Å². The van der Waals surface area contributed by atoms with Crippen LogP contribution in [-0.2, 0) is 22.7 Å². The van der Waals surface area contributed by atoms with E-state index in [1.165, 1.54) is 4.88 Å². The summed E-state index contributed by atoms with van der Waals surface area (Å²) in [6, 6.07) is 19.3. The van der Waals surface area contributed by atoms with Gasteiger partial charge in [0.1, 0.15) is 53.6 Å². The molecule has 89 heavy (non-hydrogen) atoms. The number of amides is 2. The predicted molar refractivity (Wildman–Crippen MR) is 376 cm³/mol. The maximum absolute atomic E-state index is 11.1. The van der Waals surface area contributed by atoms with Gasteiger partial charge in [-0.1, -0.05) is 186 Å². The summed E-state index contributed by atoms with van der Waals surface area (Å²) >= 11 is 5.01. The largest absolute Gasteiger partial charge is 0.472 e. The summed E-state index contributed by atoms with van der Waals surface area (Å²) in [5.41, 5.74) is 5.56. The summed E-state index contributed by atoms with van der Waals surface area (Å²) in [6.45, 7) is 49.1. The van der Waals surface area contributed by atoms with Gasteiger partial charge in [0.2, 0.25) is 11.8 Å². The van der Waals surface area contributed by atoms with Gasteiger partial charge in [0.25, 0.3) is 0 Å². The summed E-state index contributed by atoms with van der Waals surface area (Å²) in [4.78, 5) is 42.0. The van der Waals surface area contributed by atoms with Crippen LogP contribution in [-0.4, -0.2) is 31.8 Å². The van der Waals surface area contributed by atoms with Crippen molar-refractivity contribution in [3.05, 3.63) is 166 Å². The molecule has 0 saturated heterocycles. The second kappa shape index (κ2) is 52.6. The average Bonchev–Trinajstić information content (AvgIpc) is 3.31. The normalized spacial score (nSPS) is 9.60. The Kier molecular flexibility index (Phi) is 50.8. The molecule has 10 aromatic rings. The molecule has 2 N–H and O–H groups in total. The minimum absolute atomic E-state index is 0. The summed E-state index contributed by atoms with van der Waals surface area (Å²) in [5, 5.41) is 13.8. The first kappa shape index (κ1) is 85.9. The van der Waals surface area contributed by atoms with Crippen LogP contribution >= 0.6 is 34.0 Å². The first-order valence-corrected chi connectivity index (χ1v) is 33.7. The van der Waals surface area contributed by atoms with Gasteiger partial charge < -0.3 is 41.6 Å². The molecular weight excluding hydrogens is 1180 g/mol. The standard InChI is InChI=1S/2C10H11NO2.2C10H11NOS.C9H13NO2.C9H13NOS.6C2H6.CH4/c1-7(2)10-11-9(6-13-10)8-3-4-12-5-8;1-7(2)10-11-8(6-13-10)9-4-3-5-12-9;1-7(2)10-11-9(5-12-10)8-3-4-13-6-8;1-7(2)10-11-8(6-12-10)9-4-3-5-13-9;2*1-7(2)9(11)10-6-8-4-3-5-12-8;6*1-2;/h4*3-7H,1-2H3;2*3-5,7H,6H2,1-2H3,(H,10,11);6*1-2H3;1H4. The second-order valence-corrected chi connectivity index (χ2v) is 21.5. The van der Waals surface area contributed by atoms with E-state index in [2.05, 4.69) is 63.6 Å². The van der Waals surface area contributed by atoms with Crippen molar-refractivity contribution in [1.82, 2.24) is 30.6 Å². The highest BCUT2D eigenvalue weighted by atomic mass is 32.1. The van der Waals surface area contributed by atoms with Crippen LogP contribution in [0.1, 0.15) is 231 Å². The van der Waals surface area contributed by atoms with Gasteiger partial charge in [-0.05, 0) is 64.7 Å². The van der Waals surface area contributed by atoms with Crippen molar-refractivity contribution in [3.8, 4) is 44.5 Å². The number of hydrogen-bond donors (Lipinski definition) is 2. The van der Waals surface area contributed by atoms with E-state index in [0.29, 0.717) is 36.8 Å². The van der Waals surface area contributed by atoms with E-state index in [9.17, 15) is 9.59 Å². The third-order valence-corrected chi connectivity index (χ3v) is 12.8. The van der Waals surface area contributed by atoms with Crippen molar-refractivity contribution >= 4 is 45.8 Å². The van der Waals surface area contributed by atoms with Gasteiger partial charge in [-0.2, -0.15) is 11.3 Å². The molecular formula is C71H110N6O9S3. The highest BCUT2D eigenvalue weighted by Gasteiger charge is 2.13. The number of nitrogens with one attached hydrogen (secondary N) is 2. The molecule has 0 aliphatic rings. The molecule has 0 aliphatic heterocycles. The maximum Gasteiger partial charge on any atom is 0.222 e. The molecule has 496 valence electrons. The Balaban J connectivity index is -0.000000961. The highest BCUT2D eigenvalue weighted by Crippen LogP contribution is 2.27. The lowest BCUT2D eigenvalue weighted by Gasteiger charge is -2.05. The van der Waals surface area contributed by atoms with Crippen molar-refractivity contribution in [2.45, 2.75) is 210 Å². The number of hydrogen-bond acceptors (Lipinski definition) is 16. The number of carbonyl (C=O) groups excluding carboxylic acids is 2. The molecule has 0 bridgehead atoms. The molecule has 18 heteroatoms. The first-order chi connectivity index (χ1) is 42.5. The number of furan rings is 3. The number of rotatable bonds is 14. The smallest absolute Gasteiger partial charge is 0.222 e. The lowest BCUT2D eigenvalue weighted by atomic mass is 10.2. The van der Waals surface area contributed by atoms with Crippen LogP contribution in [0.15, 0.2) is 163 Å². The molecule has 0 fully saturated rings. The SMILES string of the molecule is C.CC.CC.CC.CC.CC.CC.CC(C)C(=O)NCc1ccco1.CC(C)C(=O)NCc1cccs1.CC(C)c1nc(-c2ccco2)co1.CC(C)c1nc(-c2cccs2)co1.CC(C)c1nc(-c2ccoc2)co1.CC(C)c1nc(-c2ccsc2)co1. The Morgan fingerprint density at radius 2 is 0.865 bits per heavy atom. The van der Waals surface area contributed by atoms with E-state index in [0.717, 1.165) is 73.9 Å². The monoisotopic (exact) mass is 1290 g/mol. The third kappa shape index (κ3) is 34.3. The Bertz CT molecular complexity index is 2690. The lowest BCUT2D eigenvalue weighted by Crippen LogP contribution is -2.26. The third-order valence-electron chi connectivity index (χ3n) is 10.3. The zero-order valence-corrected chi connectivity index (χ0v) is 59.7. The topological polar surface area (TPSA) is 202 Å². The van der Waals surface area contributed by atoms with Crippen LogP contribution in [0.5, 0.6) is 0 Å². The quantitative estimate of drug-likeness (QED) is 0.104. The van der Waals surface area contributed by atoms with Gasteiger partial charge >= 0.3 is 0 Å². The molecule has 10 aromatic heterocycles. The maximum atomic E-state index is 11.1. The van der Waals surface area contributed by atoms with E-state index in [4.69, 9.17) is 30.9 Å². The lowest BCUT2D eigenvalue weighted by molar-refractivity contribution is -0.124. The fourth-order valence-corrected chi connectivity index (χ4v) is 7.92. The Hall–Kier alpha value is -7.28. The average molecular weight is 1290 g/mol. The summed E-state index contributed by atoms with van der Waals surface area (Å²) in [5.74, 6) is 6.25. The summed E-state index contributed by atoms with van der Waals surface area (Å²) in [7, 11) is 0. The molecule has 15 nitrogen and oxygen atoms in total. The van der Waals surface area contributed by atoms with Crippen molar-refractivity contribution in [2.75, 3.05) is 0 Å². The van der Waals surface area contributed by atoms with Crippen molar-refractivity contribution in [1.29, 1.82) is 0 Å². The van der Waals surface area contributed by atoms with Crippen LogP contribution in [0.2, 0.25) is 0 Å². The van der Waals surface area contributed by atoms with Gasteiger partial charge in [0.15, 0.2) is 29.3 Å². The molecule has 10 heterocycles. The van der Waals surface area contributed by atoms with Crippen molar-refractivity contribution in [2.24, 2.45) is 11.8 Å². The first-order valence-electron chi connectivity index (χ1n) is 31.0. The zero-order chi connectivity index (χ0) is 67.0. The van der Waals surface area contributed by atoms with Crippen molar-refractivity contribution < 1.29 is 40.5 Å². The second-order valence-electron chi connectivity index (χ2n) is 18.8. The van der Waals surface area contributed by atoms with Crippen LogP contribution in [0, 0.1) is 11.8 Å². The minimum atomic E-state index is 0. The van der Waals surface area contributed by atoms with Crippen LogP contribution < -0.4 is 10.6 Å².